The number of rotatable bonds is 5. The highest BCUT2D eigenvalue weighted by molar-refractivity contribution is 9.10. The van der Waals surface area contributed by atoms with Crippen molar-refractivity contribution in [1.29, 1.82) is 0 Å². The SMILES string of the molecule is Cc1cc(CN)cc(S(=O)(=O)N(C)CC2CCCC2)c1Br. The van der Waals surface area contributed by atoms with Crippen LogP contribution in [0.1, 0.15) is 36.8 Å². The van der Waals surface area contributed by atoms with Gasteiger partial charge in [0.15, 0.2) is 0 Å². The third-order valence-corrected chi connectivity index (χ3v) is 7.36. The molecule has 1 aliphatic carbocycles. The lowest BCUT2D eigenvalue weighted by Crippen LogP contribution is -2.31. The lowest BCUT2D eigenvalue weighted by atomic mass is 10.1. The molecule has 0 radical (unpaired) electrons. The van der Waals surface area contributed by atoms with E-state index in [-0.39, 0.29) is 0 Å². The number of nitrogens with zero attached hydrogens (tertiary/aromatic N) is 1. The van der Waals surface area contributed by atoms with E-state index in [0.29, 0.717) is 28.4 Å². The smallest absolute Gasteiger partial charge is 0.243 e. The van der Waals surface area contributed by atoms with Crippen LogP contribution in [0.2, 0.25) is 0 Å². The monoisotopic (exact) mass is 374 g/mol. The predicted molar refractivity (Wildman–Crippen MR) is 88.5 cm³/mol. The van der Waals surface area contributed by atoms with Crippen LogP contribution in [0.3, 0.4) is 0 Å². The van der Waals surface area contributed by atoms with Crippen LogP contribution in [0.4, 0.5) is 0 Å². The first-order valence-electron chi connectivity index (χ1n) is 7.31. The molecule has 0 heterocycles. The summed E-state index contributed by atoms with van der Waals surface area (Å²) in [5, 5.41) is 0. The summed E-state index contributed by atoms with van der Waals surface area (Å²) in [5.74, 6) is 0.488. The van der Waals surface area contributed by atoms with Gasteiger partial charge < -0.3 is 5.73 Å². The van der Waals surface area contributed by atoms with Gasteiger partial charge in [-0.1, -0.05) is 18.9 Å². The molecule has 21 heavy (non-hydrogen) atoms. The van der Waals surface area contributed by atoms with Crippen LogP contribution >= 0.6 is 15.9 Å². The molecule has 0 spiro atoms. The van der Waals surface area contributed by atoms with E-state index in [1.54, 1.807) is 13.1 Å². The second kappa shape index (κ2) is 6.77. The first kappa shape index (κ1) is 16.9. The molecule has 1 aliphatic rings. The maximum atomic E-state index is 12.8. The van der Waals surface area contributed by atoms with Gasteiger partial charge in [0, 0.05) is 24.6 Å². The minimum atomic E-state index is -3.48. The Kier molecular flexibility index (Phi) is 5.46. The van der Waals surface area contributed by atoms with Crippen LogP contribution in [0.5, 0.6) is 0 Å². The van der Waals surface area contributed by atoms with Crippen LogP contribution in [0.15, 0.2) is 21.5 Å². The molecule has 0 aliphatic heterocycles. The largest absolute Gasteiger partial charge is 0.326 e. The molecule has 6 heteroatoms. The van der Waals surface area contributed by atoms with Gasteiger partial charge in [-0.2, -0.15) is 0 Å². The van der Waals surface area contributed by atoms with E-state index in [1.807, 2.05) is 13.0 Å². The Morgan fingerprint density at radius 3 is 2.52 bits per heavy atom. The van der Waals surface area contributed by atoms with Crippen molar-refractivity contribution in [3.8, 4) is 0 Å². The van der Waals surface area contributed by atoms with Gasteiger partial charge in [0.1, 0.15) is 0 Å². The van der Waals surface area contributed by atoms with Crippen LogP contribution in [0.25, 0.3) is 0 Å². The zero-order valence-corrected chi connectivity index (χ0v) is 15.0. The van der Waals surface area contributed by atoms with Gasteiger partial charge in [-0.15, -0.1) is 0 Å². The topological polar surface area (TPSA) is 63.4 Å². The number of aryl methyl sites for hydroxylation is 1. The van der Waals surface area contributed by atoms with Crippen molar-refractivity contribution in [2.75, 3.05) is 13.6 Å². The van der Waals surface area contributed by atoms with E-state index in [2.05, 4.69) is 15.9 Å². The summed E-state index contributed by atoms with van der Waals surface area (Å²) < 4.78 is 27.8. The Morgan fingerprint density at radius 1 is 1.33 bits per heavy atom. The minimum Gasteiger partial charge on any atom is -0.326 e. The highest BCUT2D eigenvalue weighted by Gasteiger charge is 2.28. The van der Waals surface area contributed by atoms with Gasteiger partial charge in [-0.05, 0) is 58.8 Å². The standard InChI is InChI=1S/C15H23BrN2O2S/c1-11-7-13(9-17)8-14(15(11)16)21(19,20)18(2)10-12-5-3-4-6-12/h7-8,12H,3-6,9-10,17H2,1-2H3. The maximum absolute atomic E-state index is 12.8. The number of nitrogens with two attached hydrogens (primary N) is 1. The molecule has 2 rings (SSSR count). The molecule has 1 saturated carbocycles. The molecule has 0 amide bonds. The van der Waals surface area contributed by atoms with Crippen molar-refractivity contribution in [2.45, 2.75) is 44.0 Å². The maximum Gasteiger partial charge on any atom is 0.243 e. The van der Waals surface area contributed by atoms with Gasteiger partial charge >= 0.3 is 0 Å². The summed E-state index contributed by atoms with van der Waals surface area (Å²) >= 11 is 3.41. The van der Waals surface area contributed by atoms with E-state index in [4.69, 9.17) is 5.73 Å². The van der Waals surface area contributed by atoms with Crippen molar-refractivity contribution >= 4 is 26.0 Å². The highest BCUT2D eigenvalue weighted by Crippen LogP contribution is 2.31. The lowest BCUT2D eigenvalue weighted by Gasteiger charge is -2.22. The molecule has 1 aromatic carbocycles. The van der Waals surface area contributed by atoms with Gasteiger partial charge in [-0.3, -0.25) is 0 Å². The average Bonchev–Trinajstić information content (AvgIpc) is 2.94. The molecule has 0 atom stereocenters. The Labute approximate surface area is 135 Å². The molecule has 0 unspecified atom stereocenters. The van der Waals surface area contributed by atoms with Gasteiger partial charge in [0.05, 0.1) is 4.90 Å². The second-order valence-corrected chi connectivity index (χ2v) is 8.67. The molecule has 1 fully saturated rings. The van der Waals surface area contributed by atoms with E-state index in [9.17, 15) is 8.42 Å². The summed E-state index contributed by atoms with van der Waals surface area (Å²) in [6.07, 6.45) is 4.68. The van der Waals surface area contributed by atoms with Gasteiger partial charge in [0.2, 0.25) is 10.0 Å². The average molecular weight is 375 g/mol. The fraction of sp³-hybridized carbons (Fsp3) is 0.600. The molecule has 2 N–H and O–H groups in total. The molecular weight excluding hydrogens is 352 g/mol. The summed E-state index contributed by atoms with van der Waals surface area (Å²) in [6, 6.07) is 3.59. The Hall–Kier alpha value is -0.430. The molecule has 0 saturated heterocycles. The molecule has 118 valence electrons. The van der Waals surface area contributed by atoms with Crippen molar-refractivity contribution in [1.82, 2.24) is 4.31 Å². The van der Waals surface area contributed by atoms with Crippen molar-refractivity contribution in [3.63, 3.8) is 0 Å². The lowest BCUT2D eigenvalue weighted by molar-refractivity contribution is 0.387. The molecular formula is C15H23BrN2O2S. The van der Waals surface area contributed by atoms with Crippen molar-refractivity contribution in [2.24, 2.45) is 11.7 Å². The van der Waals surface area contributed by atoms with Gasteiger partial charge in [-0.25, -0.2) is 12.7 Å². The van der Waals surface area contributed by atoms with Crippen LogP contribution in [-0.2, 0) is 16.6 Å². The Bertz CT molecular complexity index is 610. The van der Waals surface area contributed by atoms with E-state index in [0.717, 1.165) is 24.0 Å². The zero-order chi connectivity index (χ0) is 15.6. The summed E-state index contributed by atoms with van der Waals surface area (Å²) in [6.45, 7) is 2.82. The zero-order valence-electron chi connectivity index (χ0n) is 12.6. The fourth-order valence-corrected chi connectivity index (χ4v) is 5.21. The summed E-state index contributed by atoms with van der Waals surface area (Å²) in [4.78, 5) is 0.323. The minimum absolute atomic E-state index is 0.323. The predicted octanol–water partition coefficient (Wildman–Crippen LogP) is 3.03. The third kappa shape index (κ3) is 3.67. The summed E-state index contributed by atoms with van der Waals surface area (Å²) in [5.41, 5.74) is 7.40. The second-order valence-electron chi connectivity index (χ2n) is 5.86. The highest BCUT2D eigenvalue weighted by atomic mass is 79.9. The molecule has 0 aromatic heterocycles. The molecule has 0 bridgehead atoms. The van der Waals surface area contributed by atoms with Crippen molar-refractivity contribution < 1.29 is 8.42 Å². The van der Waals surface area contributed by atoms with E-state index in [1.165, 1.54) is 17.1 Å². The first-order chi connectivity index (χ1) is 9.86. The number of hydrogen-bond acceptors (Lipinski definition) is 3. The molecule has 4 nitrogen and oxygen atoms in total. The number of halogens is 1. The van der Waals surface area contributed by atoms with Gasteiger partial charge in [0.25, 0.3) is 0 Å². The quantitative estimate of drug-likeness (QED) is 0.861. The number of hydrogen-bond donors (Lipinski definition) is 1. The number of sulfonamides is 1. The number of benzene rings is 1. The summed E-state index contributed by atoms with van der Waals surface area (Å²) in [7, 11) is -1.81. The normalized spacial score (nSPS) is 16.8. The Morgan fingerprint density at radius 2 is 1.95 bits per heavy atom. The van der Waals surface area contributed by atoms with E-state index < -0.39 is 10.0 Å². The van der Waals surface area contributed by atoms with Crippen molar-refractivity contribution in [3.05, 3.63) is 27.7 Å². The molecule has 1 aromatic rings. The Balaban J connectivity index is 2.31. The van der Waals surface area contributed by atoms with Crippen LogP contribution in [0, 0.1) is 12.8 Å². The first-order valence-corrected chi connectivity index (χ1v) is 9.55. The third-order valence-electron chi connectivity index (χ3n) is 4.19. The fourth-order valence-electron chi connectivity index (χ4n) is 2.94. The van der Waals surface area contributed by atoms with Crippen LogP contribution in [-0.4, -0.2) is 26.3 Å². The van der Waals surface area contributed by atoms with E-state index >= 15 is 0 Å². The van der Waals surface area contributed by atoms with Crippen LogP contribution < -0.4 is 5.73 Å².